The lowest BCUT2D eigenvalue weighted by molar-refractivity contribution is -0.635. The van der Waals surface area contributed by atoms with Gasteiger partial charge in [0.1, 0.15) is 12.8 Å². The van der Waals surface area contributed by atoms with Gasteiger partial charge in [-0.15, -0.1) is 0 Å². The molecule has 5 N–H and O–H groups in total. The highest BCUT2D eigenvalue weighted by atomic mass is 17.7. The average Bonchev–Trinajstić information content (AvgIpc) is 2.56. The molecule has 1 atom stereocenters. The third kappa shape index (κ3) is 19.5. The molecule has 0 amide bonds. The highest BCUT2D eigenvalue weighted by Gasteiger charge is 2.04. The summed E-state index contributed by atoms with van der Waals surface area (Å²) in [6.45, 7) is 3.23. The van der Waals surface area contributed by atoms with Crippen LogP contribution in [0.2, 0.25) is 0 Å². The number of aliphatic hydroxyl groups excluding tert-OH is 2. The molecule has 0 aliphatic heterocycles. The number of aliphatic hydroxyl groups is 2. The van der Waals surface area contributed by atoms with Crippen LogP contribution in [0.5, 0.6) is 0 Å². The summed E-state index contributed by atoms with van der Waals surface area (Å²) < 4.78 is 15.5. The van der Waals surface area contributed by atoms with E-state index in [-0.39, 0.29) is 26.4 Å². The fourth-order valence-electron chi connectivity index (χ4n) is 1.18. The Morgan fingerprint density at radius 3 is 2.09 bits per heavy atom. The lowest BCUT2D eigenvalue weighted by Gasteiger charge is -2.12. The van der Waals surface area contributed by atoms with E-state index in [0.29, 0.717) is 46.2 Å². The van der Waals surface area contributed by atoms with Crippen LogP contribution in [0.25, 0.3) is 0 Å². The molecule has 23 heavy (non-hydrogen) atoms. The monoisotopic (exact) mass is 344 g/mol. The Kier molecular flexibility index (Phi) is 19.2. The molecule has 0 bridgehead atoms. The second kappa shape index (κ2) is 19.6. The van der Waals surface area contributed by atoms with Crippen LogP contribution < -0.4 is 11.1 Å². The summed E-state index contributed by atoms with van der Waals surface area (Å²) >= 11 is 0. The summed E-state index contributed by atoms with van der Waals surface area (Å²) in [6, 6.07) is 0. The summed E-state index contributed by atoms with van der Waals surface area (Å²) in [6.07, 6.45) is -0.934. The zero-order valence-corrected chi connectivity index (χ0v) is 13.2. The van der Waals surface area contributed by atoms with Crippen molar-refractivity contribution in [3.8, 4) is 0 Å². The van der Waals surface area contributed by atoms with Crippen LogP contribution in [0, 0.1) is 0 Å². The van der Waals surface area contributed by atoms with Gasteiger partial charge < -0.3 is 30.2 Å². The van der Waals surface area contributed by atoms with Crippen LogP contribution in [0.4, 0.5) is 0 Å². The van der Waals surface area contributed by atoms with E-state index in [4.69, 9.17) is 25.1 Å². The maximum Gasteiger partial charge on any atom is 0.131 e. The molecule has 0 aliphatic carbocycles. The van der Waals surface area contributed by atoms with E-state index in [1.54, 1.807) is 0 Å². The number of hydrogen-bond acceptors (Lipinski definition) is 11. The quantitative estimate of drug-likeness (QED) is 0.0869. The minimum absolute atomic E-state index is 0.00815. The van der Waals surface area contributed by atoms with Crippen LogP contribution in [-0.4, -0.2) is 89.0 Å². The maximum atomic E-state index is 9.45. The van der Waals surface area contributed by atoms with Crippen molar-refractivity contribution in [3.63, 3.8) is 0 Å². The van der Waals surface area contributed by atoms with Gasteiger partial charge in [0.05, 0.1) is 52.9 Å². The van der Waals surface area contributed by atoms with Crippen molar-refractivity contribution in [2.45, 2.75) is 6.23 Å². The van der Waals surface area contributed by atoms with Crippen LogP contribution in [0.15, 0.2) is 0 Å². The minimum Gasteiger partial charge on any atom is -0.394 e. The first-order valence-corrected chi connectivity index (χ1v) is 7.34. The molecule has 0 aliphatic rings. The highest BCUT2D eigenvalue weighted by Crippen LogP contribution is 1.87. The van der Waals surface area contributed by atoms with Gasteiger partial charge in [0, 0.05) is 13.1 Å². The normalized spacial score (nSPS) is 12.7. The summed E-state index contributed by atoms with van der Waals surface area (Å²) in [5, 5.41) is 29.0. The second-order valence-electron chi connectivity index (χ2n) is 4.06. The first kappa shape index (κ1) is 22.6. The molecule has 0 rings (SSSR count). The van der Waals surface area contributed by atoms with Crippen LogP contribution in [0.1, 0.15) is 0 Å². The van der Waals surface area contributed by atoms with Gasteiger partial charge in [-0.3, -0.25) is 5.32 Å². The number of nitrogens with two attached hydrogens (primary N) is 1. The van der Waals surface area contributed by atoms with E-state index < -0.39 is 6.23 Å². The molecule has 0 aromatic heterocycles. The molecule has 0 saturated carbocycles. The Morgan fingerprint density at radius 2 is 1.43 bits per heavy atom. The standard InChI is InChI=1S/C12H28N2O9/c13-1-4-20-22-23-21-11-12(16)14-2-5-17-7-9-19-10-8-18-6-3-15/h12,14-16H,1-11,13H2. The lowest BCUT2D eigenvalue weighted by atomic mass is 10.5. The highest BCUT2D eigenvalue weighted by molar-refractivity contribution is 4.49. The predicted octanol–water partition coefficient (Wildman–Crippen LogP) is -2.29. The zero-order chi connectivity index (χ0) is 17.0. The molecule has 1 unspecified atom stereocenters. The van der Waals surface area contributed by atoms with Crippen molar-refractivity contribution >= 4 is 0 Å². The second-order valence-corrected chi connectivity index (χ2v) is 4.06. The molecule has 140 valence electrons. The van der Waals surface area contributed by atoms with Crippen molar-refractivity contribution in [2.24, 2.45) is 5.73 Å². The van der Waals surface area contributed by atoms with E-state index in [2.05, 4.69) is 25.2 Å². The van der Waals surface area contributed by atoms with E-state index in [9.17, 15) is 5.11 Å². The Bertz CT molecular complexity index is 227. The van der Waals surface area contributed by atoms with E-state index in [0.717, 1.165) is 0 Å². The van der Waals surface area contributed by atoms with Gasteiger partial charge in [0.2, 0.25) is 0 Å². The molecule has 11 heteroatoms. The molecule has 0 aromatic rings. The first-order valence-electron chi connectivity index (χ1n) is 7.34. The third-order valence-corrected chi connectivity index (χ3v) is 2.16. The summed E-state index contributed by atoms with van der Waals surface area (Å²) in [5.41, 5.74) is 5.14. The fraction of sp³-hybridized carbons (Fsp3) is 1.00. The van der Waals surface area contributed by atoms with Gasteiger partial charge in [-0.05, 0) is 10.1 Å². The summed E-state index contributed by atoms with van der Waals surface area (Å²) in [5.74, 6) is 0. The molecular formula is C12H28N2O9. The predicted molar refractivity (Wildman–Crippen MR) is 76.7 cm³/mol. The number of ether oxygens (including phenoxy) is 3. The van der Waals surface area contributed by atoms with Gasteiger partial charge in [-0.2, -0.15) is 4.89 Å². The molecule has 0 saturated heterocycles. The molecular weight excluding hydrogens is 316 g/mol. The third-order valence-electron chi connectivity index (χ3n) is 2.16. The lowest BCUT2D eigenvalue weighted by Crippen LogP contribution is -2.35. The Morgan fingerprint density at radius 1 is 0.826 bits per heavy atom. The van der Waals surface area contributed by atoms with Crippen molar-refractivity contribution in [1.82, 2.24) is 5.32 Å². The van der Waals surface area contributed by atoms with Gasteiger partial charge in [-0.25, -0.2) is 4.89 Å². The Labute approximate surface area is 135 Å². The van der Waals surface area contributed by atoms with E-state index in [1.807, 2.05) is 0 Å². The Balaban J connectivity index is 3.10. The van der Waals surface area contributed by atoms with E-state index in [1.165, 1.54) is 0 Å². The summed E-state index contributed by atoms with van der Waals surface area (Å²) in [7, 11) is 0. The number of hydrogen-bond donors (Lipinski definition) is 4. The average molecular weight is 344 g/mol. The fourth-order valence-corrected chi connectivity index (χ4v) is 1.18. The Hall–Kier alpha value is -0.440. The zero-order valence-electron chi connectivity index (χ0n) is 13.2. The van der Waals surface area contributed by atoms with Gasteiger partial charge in [-0.1, -0.05) is 0 Å². The van der Waals surface area contributed by atoms with Gasteiger partial charge >= 0.3 is 0 Å². The van der Waals surface area contributed by atoms with Crippen molar-refractivity contribution in [2.75, 3.05) is 72.6 Å². The van der Waals surface area contributed by atoms with Crippen LogP contribution in [0.3, 0.4) is 0 Å². The largest absolute Gasteiger partial charge is 0.394 e. The first-order chi connectivity index (χ1) is 11.3. The topological polar surface area (TPSA) is 143 Å². The smallest absolute Gasteiger partial charge is 0.131 e. The maximum absolute atomic E-state index is 9.45. The summed E-state index contributed by atoms with van der Waals surface area (Å²) in [4.78, 5) is 8.92. The molecule has 0 heterocycles. The van der Waals surface area contributed by atoms with Gasteiger partial charge in [0.25, 0.3) is 0 Å². The number of nitrogens with one attached hydrogen (secondary N) is 1. The molecule has 0 radical (unpaired) electrons. The molecule has 0 fully saturated rings. The number of rotatable bonds is 19. The minimum atomic E-state index is -0.934. The van der Waals surface area contributed by atoms with Crippen LogP contribution in [-0.2, 0) is 34.1 Å². The van der Waals surface area contributed by atoms with Crippen molar-refractivity contribution in [1.29, 1.82) is 0 Å². The van der Waals surface area contributed by atoms with Crippen molar-refractivity contribution in [3.05, 3.63) is 0 Å². The molecule has 0 spiro atoms. The van der Waals surface area contributed by atoms with E-state index >= 15 is 0 Å². The van der Waals surface area contributed by atoms with Gasteiger partial charge in [0.15, 0.2) is 0 Å². The van der Waals surface area contributed by atoms with Crippen molar-refractivity contribution < 1.29 is 44.3 Å². The molecule has 11 nitrogen and oxygen atoms in total. The molecule has 0 aromatic carbocycles. The SMILES string of the molecule is NCCOOOOCC(O)NCCOCCOCCOCCO. The van der Waals surface area contributed by atoms with Crippen LogP contribution >= 0.6 is 0 Å².